The summed E-state index contributed by atoms with van der Waals surface area (Å²) in [6.45, 7) is 6.25. The van der Waals surface area contributed by atoms with Crippen LogP contribution in [0.2, 0.25) is 0 Å². The second-order valence-electron chi connectivity index (χ2n) is 6.70. The molecule has 0 spiro atoms. The van der Waals surface area contributed by atoms with Crippen molar-refractivity contribution in [1.82, 2.24) is 10.8 Å². The van der Waals surface area contributed by atoms with Crippen molar-refractivity contribution in [2.24, 2.45) is 0 Å². The molecule has 0 radical (unpaired) electrons. The molecule has 1 amide bonds. The summed E-state index contributed by atoms with van der Waals surface area (Å²) in [6, 6.07) is 8.83. The number of alkyl carbamates (subject to hydrolysis) is 1. The Balaban J connectivity index is 2.16. The summed E-state index contributed by atoms with van der Waals surface area (Å²) in [6.07, 6.45) is 0.974. The number of ether oxygens (including phenoxy) is 1. The van der Waals surface area contributed by atoms with Gasteiger partial charge in [-0.25, -0.2) is 15.1 Å². The topological polar surface area (TPSA) is 96.9 Å². The molecule has 0 aliphatic heterocycles. The zero-order valence-electron chi connectivity index (χ0n) is 15.1. The van der Waals surface area contributed by atoms with Crippen molar-refractivity contribution in [2.75, 3.05) is 6.54 Å². The van der Waals surface area contributed by atoms with E-state index in [2.05, 4.69) is 10.8 Å². The summed E-state index contributed by atoms with van der Waals surface area (Å²) < 4.78 is 5.07. The van der Waals surface area contributed by atoms with Crippen molar-refractivity contribution in [3.63, 3.8) is 0 Å². The molecule has 0 saturated heterocycles. The van der Waals surface area contributed by atoms with Gasteiger partial charge in [-0.1, -0.05) is 30.3 Å². The van der Waals surface area contributed by atoms with Crippen molar-refractivity contribution in [2.45, 2.75) is 58.3 Å². The molecule has 0 unspecified atom stereocenters. The highest BCUT2D eigenvalue weighted by atomic mass is 16.6. The average molecular weight is 352 g/mol. The largest absolute Gasteiger partial charge is 0.480 e. The van der Waals surface area contributed by atoms with E-state index >= 15 is 0 Å². The van der Waals surface area contributed by atoms with E-state index < -0.39 is 23.7 Å². The lowest BCUT2D eigenvalue weighted by atomic mass is 10.1. The summed E-state index contributed by atoms with van der Waals surface area (Å²) in [4.78, 5) is 28.2. The highest BCUT2D eigenvalue weighted by Crippen LogP contribution is 2.08. The normalized spacial score (nSPS) is 12.4. The maximum Gasteiger partial charge on any atom is 0.408 e. The number of benzene rings is 1. The van der Waals surface area contributed by atoms with Crippen LogP contribution >= 0.6 is 0 Å². The van der Waals surface area contributed by atoms with Crippen molar-refractivity contribution in [3.05, 3.63) is 35.9 Å². The summed E-state index contributed by atoms with van der Waals surface area (Å²) >= 11 is 0. The highest BCUT2D eigenvalue weighted by Gasteiger charge is 2.23. The van der Waals surface area contributed by atoms with Crippen LogP contribution in [0.4, 0.5) is 4.79 Å². The molecule has 1 atom stereocenters. The number of aliphatic carboxylic acids is 1. The smallest absolute Gasteiger partial charge is 0.408 e. The van der Waals surface area contributed by atoms with Gasteiger partial charge in [0, 0.05) is 6.54 Å². The van der Waals surface area contributed by atoms with Crippen molar-refractivity contribution < 1.29 is 24.3 Å². The van der Waals surface area contributed by atoms with Gasteiger partial charge in [-0.3, -0.25) is 4.84 Å². The van der Waals surface area contributed by atoms with Crippen LogP contribution in [0.5, 0.6) is 0 Å². The third kappa shape index (κ3) is 10.4. The van der Waals surface area contributed by atoms with Gasteiger partial charge in [0.2, 0.25) is 0 Å². The number of amides is 1. The first kappa shape index (κ1) is 20.9. The van der Waals surface area contributed by atoms with Crippen molar-refractivity contribution >= 4 is 12.1 Å². The molecule has 140 valence electrons. The lowest BCUT2D eigenvalue weighted by Gasteiger charge is -2.22. The molecule has 0 heterocycles. The Labute approximate surface area is 148 Å². The van der Waals surface area contributed by atoms with Crippen LogP contribution in [-0.4, -0.2) is 35.4 Å². The van der Waals surface area contributed by atoms with Crippen LogP contribution in [0, 0.1) is 0 Å². The van der Waals surface area contributed by atoms with E-state index in [9.17, 15) is 14.7 Å². The van der Waals surface area contributed by atoms with Crippen molar-refractivity contribution in [1.29, 1.82) is 0 Å². The minimum atomic E-state index is -1.07. The lowest BCUT2D eigenvalue weighted by Crippen LogP contribution is -2.43. The number of carbonyl (C=O) groups is 2. The standard InChI is InChI=1S/C18H28N2O5/c1-18(2,3)25-17(23)20-15(16(21)22)11-7-8-12-19-24-13-14-9-5-4-6-10-14/h4-6,9-10,15,19H,7-8,11-13H2,1-3H3,(H,20,23)(H,21,22)/t15-/m0/s1. The number of carboxylic acids is 1. The van der Waals surface area contributed by atoms with Gasteiger partial charge in [0.05, 0.1) is 6.61 Å². The van der Waals surface area contributed by atoms with Gasteiger partial charge in [0.25, 0.3) is 0 Å². The molecule has 1 aromatic carbocycles. The molecular weight excluding hydrogens is 324 g/mol. The fourth-order valence-electron chi connectivity index (χ4n) is 2.03. The predicted molar refractivity (Wildman–Crippen MR) is 93.9 cm³/mol. The molecule has 0 bridgehead atoms. The van der Waals surface area contributed by atoms with Crippen LogP contribution in [0.1, 0.15) is 45.6 Å². The minimum Gasteiger partial charge on any atom is -0.480 e. The number of carboxylic acid groups (broad SMARTS) is 1. The Morgan fingerprint density at radius 1 is 1.16 bits per heavy atom. The van der Waals surface area contributed by atoms with Gasteiger partial charge in [-0.05, 0) is 45.6 Å². The number of rotatable bonds is 10. The van der Waals surface area contributed by atoms with Gasteiger partial charge >= 0.3 is 12.1 Å². The second-order valence-corrected chi connectivity index (χ2v) is 6.70. The molecule has 1 aromatic rings. The summed E-state index contributed by atoms with van der Waals surface area (Å²) in [5.74, 6) is -1.07. The van der Waals surface area contributed by atoms with Gasteiger partial charge < -0.3 is 15.2 Å². The van der Waals surface area contributed by atoms with Crippen LogP contribution in [0.15, 0.2) is 30.3 Å². The zero-order chi connectivity index (χ0) is 18.7. The third-order valence-electron chi connectivity index (χ3n) is 3.19. The average Bonchev–Trinajstić information content (AvgIpc) is 2.52. The number of hydroxylamine groups is 1. The number of nitrogens with one attached hydrogen (secondary N) is 2. The maximum atomic E-state index is 11.7. The molecule has 1 rings (SSSR count). The zero-order valence-corrected chi connectivity index (χ0v) is 15.1. The van der Waals surface area contributed by atoms with Crippen LogP contribution < -0.4 is 10.8 Å². The van der Waals surface area contributed by atoms with E-state index in [1.165, 1.54) is 0 Å². The van der Waals surface area contributed by atoms with Gasteiger partial charge in [-0.2, -0.15) is 0 Å². The Bertz CT molecular complexity index is 528. The number of hydrogen-bond donors (Lipinski definition) is 3. The molecule has 7 heteroatoms. The Morgan fingerprint density at radius 2 is 1.84 bits per heavy atom. The fourth-order valence-corrected chi connectivity index (χ4v) is 2.03. The summed E-state index contributed by atoms with van der Waals surface area (Å²) in [5, 5.41) is 11.6. The molecule has 0 aliphatic carbocycles. The first-order valence-corrected chi connectivity index (χ1v) is 8.39. The SMILES string of the molecule is CC(C)(C)OC(=O)N[C@@H](CCCCNOCc1ccccc1)C(=O)O. The van der Waals surface area contributed by atoms with E-state index in [0.29, 0.717) is 26.0 Å². The van der Waals surface area contributed by atoms with E-state index in [0.717, 1.165) is 12.0 Å². The molecule has 25 heavy (non-hydrogen) atoms. The van der Waals surface area contributed by atoms with E-state index in [-0.39, 0.29) is 0 Å². The highest BCUT2D eigenvalue weighted by molar-refractivity contribution is 5.79. The third-order valence-corrected chi connectivity index (χ3v) is 3.19. The molecule has 0 saturated carbocycles. The quantitative estimate of drug-likeness (QED) is 0.442. The Kier molecular flexibility index (Phi) is 8.94. The molecule has 0 aliphatic rings. The Hall–Kier alpha value is -2.12. The number of carbonyl (C=O) groups excluding carboxylic acids is 1. The number of unbranched alkanes of at least 4 members (excludes halogenated alkanes) is 1. The van der Waals surface area contributed by atoms with E-state index in [1.54, 1.807) is 20.8 Å². The summed E-state index contributed by atoms with van der Waals surface area (Å²) in [7, 11) is 0. The van der Waals surface area contributed by atoms with Gasteiger partial charge in [0.1, 0.15) is 11.6 Å². The van der Waals surface area contributed by atoms with Gasteiger partial charge in [-0.15, -0.1) is 0 Å². The molecule has 0 fully saturated rings. The van der Waals surface area contributed by atoms with Crippen LogP contribution in [-0.2, 0) is 21.0 Å². The first-order chi connectivity index (χ1) is 11.8. The predicted octanol–water partition coefficient (Wildman–Crippen LogP) is 2.86. The molecular formula is C18H28N2O5. The minimum absolute atomic E-state index is 0.328. The van der Waals surface area contributed by atoms with Crippen LogP contribution in [0.25, 0.3) is 0 Å². The maximum absolute atomic E-state index is 11.7. The number of hydrogen-bond acceptors (Lipinski definition) is 5. The molecule has 3 N–H and O–H groups in total. The molecule has 7 nitrogen and oxygen atoms in total. The van der Waals surface area contributed by atoms with Gasteiger partial charge in [0.15, 0.2) is 0 Å². The fraction of sp³-hybridized carbons (Fsp3) is 0.556. The Morgan fingerprint density at radius 3 is 2.44 bits per heavy atom. The monoisotopic (exact) mass is 352 g/mol. The molecule has 0 aromatic heterocycles. The lowest BCUT2D eigenvalue weighted by molar-refractivity contribution is -0.139. The van der Waals surface area contributed by atoms with Crippen LogP contribution in [0.3, 0.4) is 0 Å². The van der Waals surface area contributed by atoms with E-state index in [4.69, 9.17) is 9.57 Å². The van der Waals surface area contributed by atoms with Crippen molar-refractivity contribution in [3.8, 4) is 0 Å². The first-order valence-electron chi connectivity index (χ1n) is 8.39. The second kappa shape index (κ2) is 10.7. The van der Waals surface area contributed by atoms with E-state index in [1.807, 2.05) is 30.3 Å². The summed E-state index contributed by atoms with van der Waals surface area (Å²) in [5.41, 5.74) is 3.26.